The molecule has 11 heteroatoms. The van der Waals surface area contributed by atoms with E-state index in [1.165, 1.54) is 19.5 Å². The van der Waals surface area contributed by atoms with Crippen LogP contribution in [0.5, 0.6) is 0 Å². The molecule has 2 fully saturated rings. The van der Waals surface area contributed by atoms with Crippen LogP contribution in [0.3, 0.4) is 0 Å². The Morgan fingerprint density at radius 1 is 0.719 bits per heavy atom. The maximum atomic E-state index is 10.5. The average Bonchev–Trinajstić information content (AvgIpc) is 3.94. The monoisotopic (exact) mass is 880 g/mol. The first-order chi connectivity index (χ1) is 27.5. The van der Waals surface area contributed by atoms with Crippen molar-refractivity contribution >= 4 is 65.5 Å². The third kappa shape index (κ3) is 17.9. The average molecular weight is 882 g/mol. The van der Waals surface area contributed by atoms with Crippen LogP contribution in [0.15, 0.2) is 71.3 Å². The Morgan fingerprint density at radius 3 is 1.61 bits per heavy atom. The Kier molecular flexibility index (Phi) is 24.5. The van der Waals surface area contributed by atoms with Crippen molar-refractivity contribution in [2.24, 2.45) is 35.5 Å². The molecule has 0 bridgehead atoms. The summed E-state index contributed by atoms with van der Waals surface area (Å²) < 4.78 is 1.14. The molecule has 0 saturated heterocycles. The maximum absolute atomic E-state index is 10.5. The van der Waals surface area contributed by atoms with Crippen molar-refractivity contribution in [1.82, 2.24) is 0 Å². The van der Waals surface area contributed by atoms with E-state index in [1.54, 1.807) is 34.6 Å². The Balaban J connectivity index is 0.000000306. The molecule has 312 valence electrons. The van der Waals surface area contributed by atoms with E-state index in [4.69, 9.17) is 25.2 Å². The predicted octanol–water partition coefficient (Wildman–Crippen LogP) is 7.96. The second kappa shape index (κ2) is 28.1. The minimum absolute atomic E-state index is 0.119. The molecule has 6 N–H and O–H groups in total. The molecule has 0 amide bonds. The summed E-state index contributed by atoms with van der Waals surface area (Å²) in [5.74, 6) is 4.22. The molecule has 57 heavy (non-hydrogen) atoms. The zero-order valence-corrected chi connectivity index (χ0v) is 37.3. The van der Waals surface area contributed by atoms with Gasteiger partial charge in [-0.2, -0.15) is 0 Å². The van der Waals surface area contributed by atoms with Crippen LogP contribution in [0.1, 0.15) is 96.6 Å². The van der Waals surface area contributed by atoms with Gasteiger partial charge < -0.3 is 0 Å². The summed E-state index contributed by atoms with van der Waals surface area (Å²) in [5.41, 5.74) is 0. The molecule has 2 aromatic rings. The fourth-order valence-corrected chi connectivity index (χ4v) is 10.5. The van der Waals surface area contributed by atoms with Crippen LogP contribution in [-0.2, 0) is 12.8 Å². The molecule has 6 nitrogen and oxygen atoms in total. The molecule has 0 spiro atoms. The first-order valence-electron chi connectivity index (χ1n) is 21.0. The van der Waals surface area contributed by atoms with Gasteiger partial charge in [0.2, 0.25) is 0 Å². The van der Waals surface area contributed by atoms with E-state index in [2.05, 4.69) is 84.4 Å². The van der Waals surface area contributed by atoms with Crippen LogP contribution in [0.2, 0.25) is 0 Å². The van der Waals surface area contributed by atoms with Crippen molar-refractivity contribution in [3.8, 4) is 0 Å². The van der Waals surface area contributed by atoms with E-state index < -0.39 is 12.2 Å². The van der Waals surface area contributed by atoms with Gasteiger partial charge in [0.05, 0.1) is 0 Å². The zero-order valence-electron chi connectivity index (χ0n) is 34.1. The zero-order chi connectivity index (χ0) is 41.6. The molecular formula is C46H67B2BrO6S2. The van der Waals surface area contributed by atoms with Crippen molar-refractivity contribution < 1.29 is 30.6 Å². The molecule has 2 aliphatic carbocycles. The van der Waals surface area contributed by atoms with Gasteiger partial charge in [-0.05, 0) is 0 Å². The number of halogens is 1. The molecule has 2 heterocycles. The van der Waals surface area contributed by atoms with E-state index in [-0.39, 0.29) is 60.9 Å². The van der Waals surface area contributed by atoms with Crippen molar-refractivity contribution in [3.05, 3.63) is 90.8 Å². The summed E-state index contributed by atoms with van der Waals surface area (Å²) in [6.07, 6.45) is 26.3. The minimum atomic E-state index is -0.498. The molecule has 0 aliphatic heterocycles. The van der Waals surface area contributed by atoms with Gasteiger partial charge in [0.1, 0.15) is 0 Å². The van der Waals surface area contributed by atoms with Crippen molar-refractivity contribution in [3.63, 3.8) is 0 Å². The van der Waals surface area contributed by atoms with Gasteiger partial charge in [-0.25, -0.2) is 0 Å². The molecule has 0 aromatic carbocycles. The molecule has 2 saturated carbocycles. The van der Waals surface area contributed by atoms with Crippen LogP contribution < -0.4 is 0 Å². The number of aliphatic hydroxyl groups is 6. The van der Waals surface area contributed by atoms with Crippen LogP contribution in [0.4, 0.5) is 0 Å². The van der Waals surface area contributed by atoms with Crippen molar-refractivity contribution in [1.29, 1.82) is 0 Å². The van der Waals surface area contributed by atoms with Gasteiger partial charge in [-0.15, -0.1) is 0 Å². The first-order valence-corrected chi connectivity index (χ1v) is 23.4. The number of unbranched alkanes of at least 4 members (excludes halogenated alkanes) is 4. The predicted molar refractivity (Wildman–Crippen MR) is 248 cm³/mol. The van der Waals surface area contributed by atoms with Crippen LogP contribution in [0.25, 0.3) is 0 Å². The summed E-state index contributed by atoms with van der Waals surface area (Å²) in [5, 5.41) is 59.4. The number of aryl methyl sites for hydroxylation is 4. The summed E-state index contributed by atoms with van der Waals surface area (Å²) in [6.45, 7) is 4.66. The Hall–Kier alpha value is -1.53. The van der Waals surface area contributed by atoms with E-state index in [0.717, 1.165) is 68.7 Å². The van der Waals surface area contributed by atoms with Crippen LogP contribution in [-0.4, -0.2) is 95.2 Å². The fraction of sp³-hybridized carbons (Fsp3) is 0.609. The van der Waals surface area contributed by atoms with Gasteiger partial charge in [0.25, 0.3) is 0 Å². The number of hydrogen-bond acceptors (Lipinski definition) is 8. The quantitative estimate of drug-likeness (QED) is 0.0362. The normalized spacial score (nSPS) is 26.2. The summed E-state index contributed by atoms with van der Waals surface area (Å²) in [4.78, 5) is 5.14. The van der Waals surface area contributed by atoms with Gasteiger partial charge in [-0.3, -0.25) is 0 Å². The third-order valence-corrected chi connectivity index (χ3v) is 14.6. The van der Waals surface area contributed by atoms with Crippen LogP contribution in [0, 0.1) is 49.4 Å². The van der Waals surface area contributed by atoms with E-state index in [0.29, 0.717) is 25.7 Å². The first kappa shape index (κ1) is 49.8. The summed E-state index contributed by atoms with van der Waals surface area (Å²) in [6, 6.07) is 6.38. The molecule has 2 aliphatic rings. The van der Waals surface area contributed by atoms with E-state index >= 15 is 0 Å². The number of allylic oxidation sites excluding steroid dienone is 6. The SMILES string of the molecule is [B]=C[C@@H]1CC(O)[C@H](C/C=C\CCCCO)[C@H]1/C=C/[C@@H](O)CCc1cc(Br)c(C)s1.[B]=C[C@@H]1CC(O)[C@H](C/C=C\CCCCO)[C@H]1/C=C/[C@@H](O)CCc1ccc(C)s1. The Labute approximate surface area is 361 Å². The standard InChI is InChI=1S/C23H33BBrO3S.C23H34BO3S/c1-16-22(25)14-19(29-16)10-8-18(27)9-11-20-17(15-24)13-23(28)21(20)7-5-3-2-4-6-12-26;1-17-8-11-20(28-17)12-9-19(26)10-13-21-18(16-24)15-23(27)22(21)7-5-3-2-4-6-14-25/h3,5,9,11,14-15,17-18,20-21,23,26-28H,2,4,6-8,10,12-13H2,1H3;3,5,8,10-11,13,16,18-19,21-23,25-27H,2,4,6-7,9,12,14-15H2,1H3/b5-3-,11-9+;5-3-,13-10+/t17-,18-,20-,21+,23?;18-,19-,21-,22+,23?/m00/s1. The second-order valence-corrected chi connectivity index (χ2v) is 19.3. The molecule has 10 atom stereocenters. The van der Waals surface area contributed by atoms with E-state index in [1.807, 2.05) is 12.2 Å². The molecular weight excluding hydrogens is 814 g/mol. The summed E-state index contributed by atoms with van der Waals surface area (Å²) in [7, 11) is 11.7. The Morgan fingerprint density at radius 2 is 1.21 bits per heavy atom. The van der Waals surface area contributed by atoms with Crippen molar-refractivity contribution in [2.45, 2.75) is 128 Å². The van der Waals surface area contributed by atoms with Gasteiger partial charge in [0.15, 0.2) is 0 Å². The topological polar surface area (TPSA) is 121 Å². The molecule has 2 unspecified atom stereocenters. The number of hydrogen-bond donors (Lipinski definition) is 6. The van der Waals surface area contributed by atoms with Gasteiger partial charge in [-0.1, -0.05) is 0 Å². The fourth-order valence-electron chi connectivity index (χ4n) is 8.02. The van der Waals surface area contributed by atoms with E-state index in [9.17, 15) is 20.4 Å². The van der Waals surface area contributed by atoms with Crippen LogP contribution >= 0.6 is 38.6 Å². The number of thiophene rings is 2. The third-order valence-electron chi connectivity index (χ3n) is 11.4. The molecule has 2 aromatic heterocycles. The van der Waals surface area contributed by atoms with Crippen molar-refractivity contribution in [2.75, 3.05) is 13.2 Å². The summed E-state index contributed by atoms with van der Waals surface area (Å²) >= 11 is 7.09. The van der Waals surface area contributed by atoms with Gasteiger partial charge >= 0.3 is 364 Å². The molecule has 4 rings (SSSR count). The van der Waals surface area contributed by atoms with Gasteiger partial charge in [0, 0.05) is 0 Å². The second-order valence-electron chi connectivity index (χ2n) is 15.8. The number of rotatable bonds is 24. The molecule has 2 radical (unpaired) electrons. The number of aliphatic hydroxyl groups excluding tert-OH is 6. The Bertz CT molecular complexity index is 1540.